The molecular formula is C8H13LiOS. The Morgan fingerprint density at radius 3 is 1.82 bits per heavy atom. The Labute approximate surface area is 85.4 Å². The molecule has 0 aliphatic carbocycles. The maximum Gasteiger partial charge on any atom is 1.00 e. The molecule has 58 valence electrons. The summed E-state index contributed by atoms with van der Waals surface area (Å²) in [5.41, 5.74) is 0. The molecule has 2 heterocycles. The Bertz CT molecular complexity index is 118. The van der Waals surface area contributed by atoms with Crippen LogP contribution in [-0.2, 0) is 4.74 Å². The van der Waals surface area contributed by atoms with Crippen LogP contribution in [0.25, 0.3) is 0 Å². The van der Waals surface area contributed by atoms with Crippen LogP contribution in [0.2, 0.25) is 0 Å². The third kappa shape index (κ3) is 6.65. The number of ether oxygens (including phenoxy) is 1. The number of rotatable bonds is 0. The molecule has 0 spiro atoms. The summed E-state index contributed by atoms with van der Waals surface area (Å²) in [4.78, 5) is 0. The second-order valence-corrected chi connectivity index (χ2v) is 2.93. The van der Waals surface area contributed by atoms with Crippen LogP contribution >= 0.6 is 11.3 Å². The van der Waals surface area contributed by atoms with E-state index in [9.17, 15) is 0 Å². The fourth-order valence-corrected chi connectivity index (χ4v) is 1.19. The van der Waals surface area contributed by atoms with Crippen molar-refractivity contribution in [2.75, 3.05) is 13.2 Å². The molecule has 1 aromatic rings. The van der Waals surface area contributed by atoms with Crippen molar-refractivity contribution in [2.24, 2.45) is 0 Å². The average Bonchev–Trinajstić information content (AvgIpc) is 2.67. The van der Waals surface area contributed by atoms with Crippen LogP contribution in [0.5, 0.6) is 0 Å². The fraction of sp³-hybridized carbons (Fsp3) is 0.500. The van der Waals surface area contributed by atoms with Gasteiger partial charge in [0.05, 0.1) is 0 Å². The summed E-state index contributed by atoms with van der Waals surface area (Å²) in [6, 6.07) is 4.04. The molecule has 1 aliphatic heterocycles. The molecule has 0 saturated carbocycles. The van der Waals surface area contributed by atoms with Gasteiger partial charge in [0.1, 0.15) is 0 Å². The predicted molar refractivity (Wildman–Crippen MR) is 45.5 cm³/mol. The molecule has 0 bridgehead atoms. The molecule has 0 amide bonds. The molecule has 0 atom stereocenters. The normalized spacial score (nSPS) is 14.5. The Balaban J connectivity index is 0. The standard InChI is InChI=1S/C4H8O.C4H4S.Li.H/c2*1-2-4-5-3-1;;/h1-4H2;1-4H;;/q;;+1;-1. The Morgan fingerprint density at radius 2 is 1.64 bits per heavy atom. The zero-order valence-corrected chi connectivity index (χ0v) is 7.77. The summed E-state index contributed by atoms with van der Waals surface area (Å²) < 4.78 is 4.94. The van der Waals surface area contributed by atoms with Crippen LogP contribution < -0.4 is 18.9 Å². The van der Waals surface area contributed by atoms with Gasteiger partial charge in [0.25, 0.3) is 0 Å². The first kappa shape index (κ1) is 11.3. The molecule has 1 saturated heterocycles. The number of thiophene rings is 1. The van der Waals surface area contributed by atoms with Crippen molar-refractivity contribution in [3.63, 3.8) is 0 Å². The van der Waals surface area contributed by atoms with Crippen molar-refractivity contribution < 1.29 is 25.0 Å². The van der Waals surface area contributed by atoms with E-state index in [1.54, 1.807) is 11.3 Å². The zero-order valence-electron chi connectivity index (χ0n) is 7.95. The van der Waals surface area contributed by atoms with Gasteiger partial charge >= 0.3 is 18.9 Å². The summed E-state index contributed by atoms with van der Waals surface area (Å²) in [6.07, 6.45) is 2.56. The molecule has 3 heteroatoms. The molecule has 0 aromatic carbocycles. The molecule has 1 aromatic heterocycles. The van der Waals surface area contributed by atoms with Crippen LogP contribution in [0.4, 0.5) is 0 Å². The molecule has 11 heavy (non-hydrogen) atoms. The van der Waals surface area contributed by atoms with Gasteiger partial charge in [-0.05, 0) is 23.6 Å². The van der Waals surface area contributed by atoms with E-state index in [1.807, 2.05) is 22.9 Å². The second-order valence-electron chi connectivity index (χ2n) is 2.11. The van der Waals surface area contributed by atoms with E-state index in [0.717, 1.165) is 13.2 Å². The largest absolute Gasteiger partial charge is 1.00 e. The molecule has 1 nitrogen and oxygen atoms in total. The van der Waals surface area contributed by atoms with Crippen LogP contribution in [0.1, 0.15) is 14.3 Å². The third-order valence-electron chi connectivity index (χ3n) is 1.25. The first-order chi connectivity index (χ1) is 5.00. The van der Waals surface area contributed by atoms with Crippen molar-refractivity contribution in [1.29, 1.82) is 0 Å². The van der Waals surface area contributed by atoms with E-state index in [0.29, 0.717) is 0 Å². The van der Waals surface area contributed by atoms with Gasteiger partial charge in [-0.3, -0.25) is 0 Å². The molecule has 1 fully saturated rings. The quantitative estimate of drug-likeness (QED) is 0.477. The van der Waals surface area contributed by atoms with Gasteiger partial charge in [-0.1, -0.05) is 12.1 Å². The first-order valence-electron chi connectivity index (χ1n) is 3.55. The van der Waals surface area contributed by atoms with Crippen molar-refractivity contribution in [3.05, 3.63) is 22.9 Å². The molecule has 2 rings (SSSR count). The Kier molecular flexibility index (Phi) is 8.55. The van der Waals surface area contributed by atoms with Gasteiger partial charge in [-0.2, -0.15) is 11.3 Å². The van der Waals surface area contributed by atoms with Gasteiger partial charge in [0, 0.05) is 13.2 Å². The van der Waals surface area contributed by atoms with E-state index in [-0.39, 0.29) is 20.3 Å². The van der Waals surface area contributed by atoms with Gasteiger partial charge in [-0.25, -0.2) is 0 Å². The van der Waals surface area contributed by atoms with E-state index in [1.165, 1.54) is 12.8 Å². The molecular weight excluding hydrogens is 151 g/mol. The number of hydrogen-bond donors (Lipinski definition) is 0. The smallest absolute Gasteiger partial charge is 1.00 e. The summed E-state index contributed by atoms with van der Waals surface area (Å²) in [5.74, 6) is 0. The predicted octanol–water partition coefficient (Wildman–Crippen LogP) is -0.339. The number of hydrogen-bond acceptors (Lipinski definition) is 2. The van der Waals surface area contributed by atoms with Gasteiger partial charge in [0.15, 0.2) is 0 Å². The van der Waals surface area contributed by atoms with Crippen molar-refractivity contribution in [1.82, 2.24) is 0 Å². The van der Waals surface area contributed by atoms with E-state index < -0.39 is 0 Å². The summed E-state index contributed by atoms with van der Waals surface area (Å²) in [5, 5.41) is 4.08. The zero-order chi connectivity index (χ0) is 7.07. The van der Waals surface area contributed by atoms with Crippen molar-refractivity contribution >= 4 is 11.3 Å². The molecule has 1 aliphatic rings. The van der Waals surface area contributed by atoms with E-state index in [4.69, 9.17) is 4.74 Å². The monoisotopic (exact) mass is 164 g/mol. The maximum absolute atomic E-state index is 4.94. The van der Waals surface area contributed by atoms with Gasteiger partial charge in [-0.15, -0.1) is 0 Å². The minimum atomic E-state index is 0. The summed E-state index contributed by atoms with van der Waals surface area (Å²) in [6.45, 7) is 2.00. The van der Waals surface area contributed by atoms with E-state index in [2.05, 4.69) is 0 Å². The second kappa shape index (κ2) is 8.35. The van der Waals surface area contributed by atoms with Crippen molar-refractivity contribution in [3.8, 4) is 0 Å². The molecule has 0 radical (unpaired) electrons. The average molecular weight is 164 g/mol. The first-order valence-corrected chi connectivity index (χ1v) is 4.49. The maximum atomic E-state index is 4.94. The fourth-order valence-electron chi connectivity index (χ4n) is 0.737. The minimum Gasteiger partial charge on any atom is -1.00 e. The summed E-state index contributed by atoms with van der Waals surface area (Å²) in [7, 11) is 0. The Hall–Kier alpha value is 0.257. The van der Waals surface area contributed by atoms with E-state index >= 15 is 0 Å². The van der Waals surface area contributed by atoms with Crippen LogP contribution in [0.3, 0.4) is 0 Å². The van der Waals surface area contributed by atoms with Gasteiger partial charge < -0.3 is 6.16 Å². The van der Waals surface area contributed by atoms with Crippen molar-refractivity contribution in [2.45, 2.75) is 12.8 Å². The molecule has 0 N–H and O–H groups in total. The van der Waals surface area contributed by atoms with Crippen LogP contribution in [-0.4, -0.2) is 13.2 Å². The van der Waals surface area contributed by atoms with Crippen LogP contribution in [0, 0.1) is 0 Å². The SMILES string of the molecule is C1CCOC1.[H-].[Li+].c1ccsc1. The van der Waals surface area contributed by atoms with Gasteiger partial charge in [0.2, 0.25) is 0 Å². The molecule has 0 unspecified atom stereocenters. The Morgan fingerprint density at radius 1 is 1.09 bits per heavy atom. The summed E-state index contributed by atoms with van der Waals surface area (Å²) >= 11 is 1.71. The minimum absolute atomic E-state index is 0. The van der Waals surface area contributed by atoms with Crippen LogP contribution in [0.15, 0.2) is 22.9 Å². The third-order valence-corrected chi connectivity index (χ3v) is 1.88. The topological polar surface area (TPSA) is 9.23 Å².